The molecule has 0 aromatic rings. The zero-order valence-corrected chi connectivity index (χ0v) is 14.2. The van der Waals surface area contributed by atoms with Gasteiger partial charge in [0.25, 0.3) is 0 Å². The maximum Gasteiger partial charge on any atom is 0.335 e. The summed E-state index contributed by atoms with van der Waals surface area (Å²) in [4.78, 5) is 11.2. The monoisotopic (exact) mass is 348 g/mol. The van der Waals surface area contributed by atoms with Gasteiger partial charge < -0.3 is 35.0 Å². The van der Waals surface area contributed by atoms with Crippen LogP contribution in [0.4, 0.5) is 0 Å². The Morgan fingerprint density at radius 2 is 1.79 bits per heavy atom. The molecule has 4 unspecified atom stereocenters. The van der Waals surface area contributed by atoms with E-state index < -0.39 is 48.4 Å². The van der Waals surface area contributed by atoms with E-state index in [1.165, 1.54) is 0 Å². The number of carbonyl (C=O) groups is 1. The second-order valence-electron chi connectivity index (χ2n) is 7.36. The number of aliphatic hydroxyl groups excluding tert-OH is 4. The van der Waals surface area contributed by atoms with E-state index in [9.17, 15) is 25.2 Å². The van der Waals surface area contributed by atoms with Gasteiger partial charge in [0, 0.05) is 0 Å². The molecule has 140 valence electrons. The van der Waals surface area contributed by atoms with Crippen LogP contribution in [-0.4, -0.2) is 73.9 Å². The Labute approximate surface area is 141 Å². The molecule has 0 aromatic carbocycles. The first kappa shape index (κ1) is 19.6. The molecule has 8 nitrogen and oxygen atoms in total. The molecule has 0 radical (unpaired) electrons. The number of rotatable bonds is 4. The van der Waals surface area contributed by atoms with Crippen molar-refractivity contribution in [3.05, 3.63) is 0 Å². The van der Waals surface area contributed by atoms with Crippen molar-refractivity contribution in [1.82, 2.24) is 0 Å². The lowest BCUT2D eigenvalue weighted by atomic mass is 9.71. The van der Waals surface area contributed by atoms with Crippen molar-refractivity contribution < 1.29 is 39.8 Å². The van der Waals surface area contributed by atoms with Crippen LogP contribution in [0.5, 0.6) is 0 Å². The predicted octanol–water partition coefficient (Wildman–Crippen LogP) is -0.529. The number of carboxylic acids is 1. The van der Waals surface area contributed by atoms with Crippen molar-refractivity contribution in [3.63, 3.8) is 0 Å². The number of hydrogen-bond donors (Lipinski definition) is 5. The smallest absolute Gasteiger partial charge is 0.335 e. The van der Waals surface area contributed by atoms with Gasteiger partial charge in [0.05, 0.1) is 11.7 Å². The number of carboxylic acid groups (broad SMARTS) is 1. The van der Waals surface area contributed by atoms with Crippen molar-refractivity contribution in [2.45, 2.75) is 82.4 Å². The van der Waals surface area contributed by atoms with E-state index in [4.69, 9.17) is 14.6 Å². The second-order valence-corrected chi connectivity index (χ2v) is 7.36. The number of aliphatic carboxylic acids is 1. The quantitative estimate of drug-likeness (QED) is 0.457. The Bertz CT molecular complexity index is 455. The standard InChI is InChI=1S/C16H28O8/c1-7(2)16(5-4-8(3)6-9(16)17)24-15-12(20)10(18)11(19)13(23-15)14(21)22/h7-13,15,17-20H,4-6H2,1-3H3,(H,21,22)/t8?,9?,10-,11-,12+,13-,15?,16?/m0/s1. The second kappa shape index (κ2) is 7.23. The Morgan fingerprint density at radius 3 is 2.29 bits per heavy atom. The fourth-order valence-electron chi connectivity index (χ4n) is 3.65. The maximum absolute atomic E-state index is 11.2. The third kappa shape index (κ3) is 3.44. The summed E-state index contributed by atoms with van der Waals surface area (Å²) in [7, 11) is 0. The van der Waals surface area contributed by atoms with Crippen LogP contribution in [-0.2, 0) is 14.3 Å². The van der Waals surface area contributed by atoms with E-state index in [1.54, 1.807) is 0 Å². The summed E-state index contributed by atoms with van der Waals surface area (Å²) in [6.07, 6.45) is -7.19. The van der Waals surface area contributed by atoms with Gasteiger partial charge in [-0.05, 0) is 31.1 Å². The van der Waals surface area contributed by atoms with E-state index in [2.05, 4.69) is 0 Å². The summed E-state index contributed by atoms with van der Waals surface area (Å²) in [6.45, 7) is 5.77. The van der Waals surface area contributed by atoms with Crippen LogP contribution >= 0.6 is 0 Å². The molecule has 1 saturated heterocycles. The summed E-state index contributed by atoms with van der Waals surface area (Å²) in [6, 6.07) is 0. The molecule has 0 amide bonds. The van der Waals surface area contributed by atoms with Crippen LogP contribution in [0.3, 0.4) is 0 Å². The average molecular weight is 348 g/mol. The number of hydrogen-bond acceptors (Lipinski definition) is 7. The summed E-state index contributed by atoms with van der Waals surface area (Å²) in [5.74, 6) is -1.26. The molecule has 2 fully saturated rings. The number of aliphatic hydroxyl groups is 4. The lowest BCUT2D eigenvalue weighted by molar-refractivity contribution is -0.341. The van der Waals surface area contributed by atoms with Crippen LogP contribution in [0, 0.1) is 11.8 Å². The van der Waals surface area contributed by atoms with Crippen molar-refractivity contribution in [1.29, 1.82) is 0 Å². The van der Waals surface area contributed by atoms with E-state index >= 15 is 0 Å². The molecule has 1 aliphatic heterocycles. The Hall–Kier alpha value is -0.770. The van der Waals surface area contributed by atoms with Crippen LogP contribution < -0.4 is 0 Å². The van der Waals surface area contributed by atoms with E-state index in [0.29, 0.717) is 18.8 Å². The van der Waals surface area contributed by atoms with Crippen molar-refractivity contribution in [3.8, 4) is 0 Å². The highest BCUT2D eigenvalue weighted by Gasteiger charge is 2.53. The third-order valence-electron chi connectivity index (χ3n) is 5.34. The SMILES string of the molecule is CC1CCC(OC2O[C@H](C(=O)O)[C@@H](O)[C@H](O)[C@H]2O)(C(C)C)C(O)C1. The van der Waals surface area contributed by atoms with Gasteiger partial charge in [0.2, 0.25) is 0 Å². The molecule has 0 aromatic heterocycles. The molecule has 0 spiro atoms. The molecule has 1 saturated carbocycles. The molecule has 8 heteroatoms. The van der Waals surface area contributed by atoms with Crippen LogP contribution in [0.25, 0.3) is 0 Å². The number of ether oxygens (including phenoxy) is 2. The first-order chi connectivity index (χ1) is 11.1. The fourth-order valence-corrected chi connectivity index (χ4v) is 3.65. The molecule has 8 atom stereocenters. The van der Waals surface area contributed by atoms with Gasteiger partial charge in [-0.1, -0.05) is 20.8 Å². The minimum absolute atomic E-state index is 0.122. The zero-order valence-electron chi connectivity index (χ0n) is 14.2. The van der Waals surface area contributed by atoms with Crippen LogP contribution in [0.15, 0.2) is 0 Å². The summed E-state index contributed by atoms with van der Waals surface area (Å²) in [5, 5.41) is 49.5. The van der Waals surface area contributed by atoms with Crippen molar-refractivity contribution in [2.75, 3.05) is 0 Å². The largest absolute Gasteiger partial charge is 0.479 e. The molecule has 24 heavy (non-hydrogen) atoms. The molecular weight excluding hydrogens is 320 g/mol. The van der Waals surface area contributed by atoms with Gasteiger partial charge in [-0.3, -0.25) is 0 Å². The van der Waals surface area contributed by atoms with Gasteiger partial charge in [0.1, 0.15) is 18.3 Å². The van der Waals surface area contributed by atoms with Crippen LogP contribution in [0.2, 0.25) is 0 Å². The predicted molar refractivity (Wildman–Crippen MR) is 82.0 cm³/mol. The van der Waals surface area contributed by atoms with E-state index in [1.807, 2.05) is 20.8 Å². The molecule has 0 bridgehead atoms. The Morgan fingerprint density at radius 1 is 1.17 bits per heavy atom. The van der Waals surface area contributed by atoms with Gasteiger partial charge in [-0.2, -0.15) is 0 Å². The van der Waals surface area contributed by atoms with Crippen LogP contribution in [0.1, 0.15) is 40.0 Å². The maximum atomic E-state index is 11.2. The normalized spacial score (nSPS) is 46.9. The Kier molecular flexibility index (Phi) is 5.89. The van der Waals surface area contributed by atoms with E-state index in [0.717, 1.165) is 6.42 Å². The van der Waals surface area contributed by atoms with Crippen molar-refractivity contribution in [2.24, 2.45) is 11.8 Å². The molecule has 5 N–H and O–H groups in total. The lowest BCUT2D eigenvalue weighted by Gasteiger charge is -2.50. The highest BCUT2D eigenvalue weighted by molar-refractivity contribution is 5.73. The first-order valence-corrected chi connectivity index (χ1v) is 8.38. The lowest BCUT2D eigenvalue weighted by Crippen LogP contribution is -2.64. The summed E-state index contributed by atoms with van der Waals surface area (Å²) < 4.78 is 11.1. The highest BCUT2D eigenvalue weighted by atomic mass is 16.7. The average Bonchev–Trinajstić information content (AvgIpc) is 2.49. The zero-order chi connectivity index (χ0) is 18.2. The van der Waals surface area contributed by atoms with E-state index in [-0.39, 0.29) is 5.92 Å². The minimum atomic E-state index is -1.76. The fraction of sp³-hybridized carbons (Fsp3) is 0.938. The van der Waals surface area contributed by atoms with Gasteiger partial charge in [0.15, 0.2) is 12.4 Å². The van der Waals surface area contributed by atoms with Gasteiger partial charge in [-0.25, -0.2) is 4.79 Å². The first-order valence-electron chi connectivity index (χ1n) is 8.38. The molecule has 2 rings (SSSR count). The van der Waals surface area contributed by atoms with Crippen molar-refractivity contribution >= 4 is 5.97 Å². The summed E-state index contributed by atoms with van der Waals surface area (Å²) in [5.41, 5.74) is -1.01. The summed E-state index contributed by atoms with van der Waals surface area (Å²) >= 11 is 0. The molecular formula is C16H28O8. The minimum Gasteiger partial charge on any atom is -0.479 e. The van der Waals surface area contributed by atoms with Gasteiger partial charge in [-0.15, -0.1) is 0 Å². The van der Waals surface area contributed by atoms with Gasteiger partial charge >= 0.3 is 5.97 Å². The topological polar surface area (TPSA) is 137 Å². The Balaban J connectivity index is 2.23. The third-order valence-corrected chi connectivity index (χ3v) is 5.34. The molecule has 1 heterocycles. The molecule has 1 aliphatic carbocycles. The molecule has 2 aliphatic rings. The highest BCUT2D eigenvalue weighted by Crippen LogP contribution is 2.42.